The maximum atomic E-state index is 13.1. The molecule has 0 spiro atoms. The fourth-order valence-electron chi connectivity index (χ4n) is 1.64. The molecule has 3 aromatic rings. The summed E-state index contributed by atoms with van der Waals surface area (Å²) in [5.41, 5.74) is 1.10. The summed E-state index contributed by atoms with van der Waals surface area (Å²) in [4.78, 5) is 4.24. The van der Waals surface area contributed by atoms with Crippen LogP contribution in [-0.4, -0.2) is 21.3 Å². The average molecular weight is 325 g/mol. The molecule has 3 rings (SSSR count). The van der Waals surface area contributed by atoms with Crippen LogP contribution in [0.25, 0.3) is 11.1 Å². The van der Waals surface area contributed by atoms with Gasteiger partial charge in [0.2, 0.25) is 5.89 Å². The van der Waals surface area contributed by atoms with Gasteiger partial charge in [-0.2, -0.15) is 0 Å². The highest BCUT2D eigenvalue weighted by Crippen LogP contribution is 2.30. The van der Waals surface area contributed by atoms with Crippen molar-refractivity contribution in [2.45, 2.75) is 30.0 Å². The normalized spacial score (nSPS) is 11.4. The third-order valence-corrected chi connectivity index (χ3v) is 4.37. The van der Waals surface area contributed by atoms with Crippen LogP contribution in [0.1, 0.15) is 19.7 Å². The molecule has 0 amide bonds. The first-order chi connectivity index (χ1) is 10.1. The van der Waals surface area contributed by atoms with E-state index in [0.29, 0.717) is 27.9 Å². The van der Waals surface area contributed by atoms with Crippen molar-refractivity contribution in [1.29, 1.82) is 0 Å². The molecule has 0 aliphatic rings. The molecule has 110 valence electrons. The van der Waals surface area contributed by atoms with Gasteiger partial charge in [0.05, 0.1) is 11.9 Å². The molecular weight excluding hydrogens is 313 g/mol. The summed E-state index contributed by atoms with van der Waals surface area (Å²) in [5.74, 6) is 0.712. The Morgan fingerprint density at radius 1 is 1.38 bits per heavy atom. The van der Waals surface area contributed by atoms with Crippen LogP contribution in [0.15, 0.2) is 27.0 Å². The van der Waals surface area contributed by atoms with Crippen molar-refractivity contribution < 1.29 is 13.5 Å². The van der Waals surface area contributed by atoms with Gasteiger partial charge in [0.25, 0.3) is 5.19 Å². The summed E-state index contributed by atoms with van der Waals surface area (Å²) in [6.07, 6.45) is 0.0720. The zero-order valence-corrected chi connectivity index (χ0v) is 13.0. The Kier molecular flexibility index (Phi) is 4.07. The number of hydrogen-bond donors (Lipinski definition) is 0. The van der Waals surface area contributed by atoms with Crippen molar-refractivity contribution in [2.75, 3.05) is 0 Å². The van der Waals surface area contributed by atoms with E-state index in [4.69, 9.17) is 9.15 Å². The number of hydrogen-bond acceptors (Lipinski definition) is 7. The maximum absolute atomic E-state index is 13.1. The first-order valence-electron chi connectivity index (χ1n) is 6.28. The van der Waals surface area contributed by atoms with Gasteiger partial charge in [-0.25, -0.2) is 9.37 Å². The number of rotatable bonds is 5. The predicted molar refractivity (Wildman–Crippen MR) is 79.2 cm³/mol. The van der Waals surface area contributed by atoms with Crippen molar-refractivity contribution in [2.24, 2.45) is 0 Å². The van der Waals surface area contributed by atoms with E-state index in [0.717, 1.165) is 4.34 Å². The average Bonchev–Trinajstić information content (AvgIpc) is 3.01. The van der Waals surface area contributed by atoms with Crippen molar-refractivity contribution >= 4 is 34.2 Å². The van der Waals surface area contributed by atoms with Gasteiger partial charge < -0.3 is 9.15 Å². The summed E-state index contributed by atoms with van der Waals surface area (Å²) >= 11 is 2.83. The van der Waals surface area contributed by atoms with E-state index in [-0.39, 0.29) is 11.9 Å². The van der Waals surface area contributed by atoms with Gasteiger partial charge in [-0.15, -0.1) is 5.10 Å². The monoisotopic (exact) mass is 325 g/mol. The molecule has 0 fully saturated rings. The maximum Gasteiger partial charge on any atom is 0.295 e. The van der Waals surface area contributed by atoms with Crippen LogP contribution in [0, 0.1) is 5.82 Å². The molecule has 2 heterocycles. The lowest BCUT2D eigenvalue weighted by molar-refractivity contribution is 0.239. The second-order valence-electron chi connectivity index (χ2n) is 4.51. The van der Waals surface area contributed by atoms with Gasteiger partial charge in [0, 0.05) is 6.07 Å². The topological polar surface area (TPSA) is 61.0 Å². The first kappa shape index (κ1) is 14.3. The molecule has 1 aromatic carbocycles. The SMILES string of the molecule is CC(C)Oc1nnc(SCc2nc3cc(F)ccc3o2)s1. The fourth-order valence-corrected chi connectivity index (χ4v) is 3.29. The number of thioether (sulfide) groups is 1. The molecule has 5 nitrogen and oxygen atoms in total. The van der Waals surface area contributed by atoms with Crippen LogP contribution < -0.4 is 4.74 Å². The lowest BCUT2D eigenvalue weighted by Crippen LogP contribution is -2.04. The van der Waals surface area contributed by atoms with Crippen LogP contribution in [0.3, 0.4) is 0 Å². The summed E-state index contributed by atoms with van der Waals surface area (Å²) in [6, 6.07) is 4.28. The standard InChI is InChI=1S/C13H12FN3O2S2/c1-7(2)18-12-16-17-13(21-12)20-6-11-15-9-5-8(14)3-4-10(9)19-11/h3-5,7H,6H2,1-2H3. The van der Waals surface area contributed by atoms with Gasteiger partial charge in [-0.1, -0.05) is 16.9 Å². The highest BCUT2D eigenvalue weighted by Gasteiger charge is 2.11. The van der Waals surface area contributed by atoms with E-state index in [2.05, 4.69) is 15.2 Å². The quantitative estimate of drug-likeness (QED) is 0.663. The van der Waals surface area contributed by atoms with E-state index in [9.17, 15) is 4.39 Å². The zero-order valence-electron chi connectivity index (χ0n) is 11.4. The van der Waals surface area contributed by atoms with Crippen LogP contribution in [0.5, 0.6) is 5.19 Å². The van der Waals surface area contributed by atoms with E-state index in [1.165, 1.54) is 35.2 Å². The number of benzene rings is 1. The Hall–Kier alpha value is -1.67. The Bertz CT molecular complexity index is 757. The van der Waals surface area contributed by atoms with Crippen LogP contribution in [0.2, 0.25) is 0 Å². The molecule has 0 radical (unpaired) electrons. The smallest absolute Gasteiger partial charge is 0.295 e. The summed E-state index contributed by atoms with van der Waals surface area (Å²) in [5, 5.41) is 8.53. The molecule has 0 saturated carbocycles. The zero-order chi connectivity index (χ0) is 14.8. The van der Waals surface area contributed by atoms with Crippen molar-refractivity contribution in [1.82, 2.24) is 15.2 Å². The molecule has 0 atom stereocenters. The van der Waals surface area contributed by atoms with Gasteiger partial charge in [0.1, 0.15) is 11.3 Å². The van der Waals surface area contributed by atoms with Gasteiger partial charge in [-0.3, -0.25) is 0 Å². The predicted octanol–water partition coefficient (Wildman–Crippen LogP) is 3.90. The molecule has 0 aliphatic heterocycles. The van der Waals surface area contributed by atoms with Crippen molar-refractivity contribution in [3.63, 3.8) is 0 Å². The number of fused-ring (bicyclic) bond motifs is 1. The van der Waals surface area contributed by atoms with E-state index in [1.807, 2.05) is 13.8 Å². The number of aromatic nitrogens is 3. The van der Waals surface area contributed by atoms with Crippen molar-refractivity contribution in [3.05, 3.63) is 29.9 Å². The largest absolute Gasteiger partial charge is 0.466 e. The summed E-state index contributed by atoms with van der Waals surface area (Å²) < 4.78 is 24.9. The van der Waals surface area contributed by atoms with E-state index < -0.39 is 0 Å². The summed E-state index contributed by atoms with van der Waals surface area (Å²) in [6.45, 7) is 3.87. The first-order valence-corrected chi connectivity index (χ1v) is 8.08. The van der Waals surface area contributed by atoms with E-state index in [1.54, 1.807) is 6.07 Å². The Morgan fingerprint density at radius 3 is 3.05 bits per heavy atom. The second kappa shape index (κ2) is 5.98. The molecule has 8 heteroatoms. The minimum Gasteiger partial charge on any atom is -0.466 e. The molecule has 2 aromatic heterocycles. The number of halogens is 1. The lowest BCUT2D eigenvalue weighted by atomic mass is 10.3. The molecule has 0 saturated heterocycles. The minimum atomic E-state index is -0.324. The lowest BCUT2D eigenvalue weighted by Gasteiger charge is -2.02. The highest BCUT2D eigenvalue weighted by atomic mass is 32.2. The molecular formula is C13H12FN3O2S2. The third-order valence-electron chi connectivity index (χ3n) is 2.44. The van der Waals surface area contributed by atoms with Crippen LogP contribution in [0.4, 0.5) is 4.39 Å². The molecule has 0 unspecified atom stereocenters. The highest BCUT2D eigenvalue weighted by molar-refractivity contribution is 8.00. The third kappa shape index (κ3) is 3.51. The number of nitrogens with zero attached hydrogens (tertiary/aromatic N) is 3. The molecule has 21 heavy (non-hydrogen) atoms. The van der Waals surface area contributed by atoms with Gasteiger partial charge in [0.15, 0.2) is 9.92 Å². The summed E-state index contributed by atoms with van der Waals surface area (Å²) in [7, 11) is 0. The second-order valence-corrected chi connectivity index (χ2v) is 6.67. The number of oxazole rings is 1. The molecule has 0 bridgehead atoms. The fraction of sp³-hybridized carbons (Fsp3) is 0.308. The number of ether oxygens (including phenoxy) is 1. The Labute approximate surface area is 128 Å². The minimum absolute atomic E-state index is 0.0720. The molecule has 0 aliphatic carbocycles. The van der Waals surface area contributed by atoms with Crippen molar-refractivity contribution in [3.8, 4) is 5.19 Å². The van der Waals surface area contributed by atoms with E-state index >= 15 is 0 Å². The Morgan fingerprint density at radius 2 is 2.24 bits per heavy atom. The van der Waals surface area contributed by atoms with Gasteiger partial charge in [-0.05, 0) is 37.3 Å². The molecule has 0 N–H and O–H groups in total. The Balaban J connectivity index is 1.67. The van der Waals surface area contributed by atoms with Crippen LogP contribution >= 0.6 is 23.1 Å². The van der Waals surface area contributed by atoms with Crippen LogP contribution in [-0.2, 0) is 5.75 Å². The van der Waals surface area contributed by atoms with Gasteiger partial charge >= 0.3 is 0 Å².